The van der Waals surface area contributed by atoms with Gasteiger partial charge in [0.2, 0.25) is 0 Å². The predicted molar refractivity (Wildman–Crippen MR) is 47.3 cm³/mol. The van der Waals surface area contributed by atoms with E-state index in [1.807, 2.05) is 18.2 Å². The molecule has 1 heterocycles. The number of aliphatic hydroxyl groups is 1. The van der Waals surface area contributed by atoms with Crippen LogP contribution in [-0.2, 0) is 4.79 Å². The predicted octanol–water partition coefficient (Wildman–Crippen LogP) is -0.620. The Hall–Kier alpha value is -1.48. The van der Waals surface area contributed by atoms with E-state index in [0.717, 1.165) is 10.6 Å². The fourth-order valence-electron chi connectivity index (χ4n) is 1.47. The number of hydrogen-bond donors (Lipinski definition) is 1. The summed E-state index contributed by atoms with van der Waals surface area (Å²) in [6.07, 6.45) is 0.388. The lowest BCUT2D eigenvalue weighted by Crippen LogP contribution is -2.22. The van der Waals surface area contributed by atoms with Crippen molar-refractivity contribution in [2.45, 2.75) is 6.42 Å². The van der Waals surface area contributed by atoms with Crippen LogP contribution in [0.3, 0.4) is 0 Å². The summed E-state index contributed by atoms with van der Waals surface area (Å²) in [6, 6.07) is 7.37. The van der Waals surface area contributed by atoms with Crippen LogP contribution in [0.15, 0.2) is 29.3 Å². The summed E-state index contributed by atoms with van der Waals surface area (Å²) in [5.74, 6) is -0.213. The molecule has 66 valence electrons. The molecule has 0 saturated carbocycles. The Balaban J connectivity index is 2.69. The van der Waals surface area contributed by atoms with Gasteiger partial charge in [0, 0.05) is 23.8 Å². The zero-order chi connectivity index (χ0) is 9.26. The third kappa shape index (κ3) is 1.27. The van der Waals surface area contributed by atoms with Crippen LogP contribution in [0.2, 0.25) is 0 Å². The van der Waals surface area contributed by atoms with Gasteiger partial charge in [0.25, 0.3) is 5.91 Å². The van der Waals surface area contributed by atoms with Gasteiger partial charge in [-0.1, -0.05) is 18.2 Å². The van der Waals surface area contributed by atoms with Gasteiger partial charge in [-0.25, -0.2) is 4.99 Å². The van der Waals surface area contributed by atoms with Crippen LogP contribution in [0, 0.1) is 0 Å². The minimum atomic E-state index is -0.213. The topological polar surface area (TPSA) is 49.7 Å². The summed E-state index contributed by atoms with van der Waals surface area (Å²) in [4.78, 5) is 15.2. The van der Waals surface area contributed by atoms with Crippen LogP contribution in [0.4, 0.5) is 0 Å². The summed E-state index contributed by atoms with van der Waals surface area (Å²) >= 11 is 0. The van der Waals surface area contributed by atoms with Gasteiger partial charge in [-0.15, -0.1) is 0 Å². The van der Waals surface area contributed by atoms with E-state index in [4.69, 9.17) is 5.11 Å². The molecule has 3 nitrogen and oxygen atoms in total. The normalized spacial score (nSPS) is 14.2. The van der Waals surface area contributed by atoms with Gasteiger partial charge in [0.15, 0.2) is 0 Å². The molecule has 1 N–H and O–H groups in total. The Bertz CT molecular complexity index is 462. The summed E-state index contributed by atoms with van der Waals surface area (Å²) in [5, 5.41) is 10.3. The number of fused-ring (bicyclic) bond motifs is 1. The molecular weight excluding hydrogens is 166 g/mol. The second-order valence-corrected chi connectivity index (χ2v) is 2.89. The maximum atomic E-state index is 11.3. The Morgan fingerprint density at radius 1 is 1.31 bits per heavy atom. The van der Waals surface area contributed by atoms with Crippen LogP contribution in [0.5, 0.6) is 0 Å². The van der Waals surface area contributed by atoms with Gasteiger partial charge in [-0.05, 0) is 6.07 Å². The Kier molecular flexibility index (Phi) is 1.94. The molecule has 1 aromatic carbocycles. The molecule has 0 fully saturated rings. The van der Waals surface area contributed by atoms with Crippen LogP contribution in [0.1, 0.15) is 6.42 Å². The minimum absolute atomic E-state index is 0.00900. The standard InChI is InChI=1S/C10H9NO2/c12-6-5-8-7-3-1-2-4-9(7)11-10(8)13/h1-4,12H,5-6H2. The second kappa shape index (κ2) is 3.11. The molecule has 13 heavy (non-hydrogen) atoms. The Morgan fingerprint density at radius 3 is 2.85 bits per heavy atom. The molecule has 1 aliphatic heterocycles. The summed E-state index contributed by atoms with van der Waals surface area (Å²) in [7, 11) is 0. The van der Waals surface area contributed by atoms with Crippen molar-refractivity contribution in [3.8, 4) is 0 Å². The first-order chi connectivity index (χ1) is 6.33. The van der Waals surface area contributed by atoms with Gasteiger partial charge in [0.05, 0.1) is 5.36 Å². The number of carbonyl (C=O) groups excluding carboxylic acids is 1. The molecule has 3 heteroatoms. The van der Waals surface area contributed by atoms with E-state index in [2.05, 4.69) is 4.99 Å². The third-order valence-corrected chi connectivity index (χ3v) is 2.07. The highest BCUT2D eigenvalue weighted by Crippen LogP contribution is 2.04. The minimum Gasteiger partial charge on any atom is -0.396 e. The van der Waals surface area contributed by atoms with Crippen LogP contribution >= 0.6 is 0 Å². The van der Waals surface area contributed by atoms with Gasteiger partial charge in [-0.3, -0.25) is 4.79 Å². The SMILES string of the molecule is O=C1N=c2ccccc2=C1CCO. The van der Waals surface area contributed by atoms with E-state index in [-0.39, 0.29) is 12.5 Å². The van der Waals surface area contributed by atoms with Crippen molar-refractivity contribution in [3.05, 3.63) is 34.8 Å². The van der Waals surface area contributed by atoms with E-state index in [1.165, 1.54) is 0 Å². The largest absolute Gasteiger partial charge is 0.396 e. The number of carbonyl (C=O) groups is 1. The monoisotopic (exact) mass is 175 g/mol. The highest BCUT2D eigenvalue weighted by molar-refractivity contribution is 6.15. The smallest absolute Gasteiger partial charge is 0.274 e. The molecule has 0 spiro atoms. The molecule has 0 unspecified atom stereocenters. The van der Waals surface area contributed by atoms with Crippen LogP contribution in [-0.4, -0.2) is 17.6 Å². The van der Waals surface area contributed by atoms with Crippen molar-refractivity contribution in [2.24, 2.45) is 4.99 Å². The number of benzene rings is 1. The molecule has 0 aliphatic carbocycles. The van der Waals surface area contributed by atoms with Crippen LogP contribution < -0.4 is 10.6 Å². The Morgan fingerprint density at radius 2 is 2.08 bits per heavy atom. The summed E-state index contributed by atoms with van der Waals surface area (Å²) in [5.41, 5.74) is 0.623. The van der Waals surface area contributed by atoms with Crippen molar-refractivity contribution >= 4 is 11.5 Å². The first-order valence-corrected chi connectivity index (χ1v) is 4.15. The van der Waals surface area contributed by atoms with Crippen molar-refractivity contribution in [1.29, 1.82) is 0 Å². The van der Waals surface area contributed by atoms with E-state index in [0.29, 0.717) is 12.0 Å². The number of rotatable bonds is 2. The fourth-order valence-corrected chi connectivity index (χ4v) is 1.47. The molecule has 0 aromatic heterocycles. The van der Waals surface area contributed by atoms with Crippen LogP contribution in [0.25, 0.3) is 5.57 Å². The number of nitrogens with zero attached hydrogens (tertiary/aromatic N) is 1. The van der Waals surface area contributed by atoms with E-state index in [1.54, 1.807) is 6.07 Å². The highest BCUT2D eigenvalue weighted by Gasteiger charge is 2.14. The lowest BCUT2D eigenvalue weighted by molar-refractivity contribution is -0.112. The van der Waals surface area contributed by atoms with Crippen molar-refractivity contribution in [3.63, 3.8) is 0 Å². The lowest BCUT2D eigenvalue weighted by atomic mass is 10.1. The molecule has 0 radical (unpaired) electrons. The first kappa shape index (κ1) is 8.13. The van der Waals surface area contributed by atoms with Gasteiger partial charge >= 0.3 is 0 Å². The molecule has 1 aliphatic rings. The molecule has 2 rings (SSSR count). The zero-order valence-electron chi connectivity index (χ0n) is 7.03. The number of hydrogen-bond acceptors (Lipinski definition) is 2. The van der Waals surface area contributed by atoms with Gasteiger partial charge in [0.1, 0.15) is 0 Å². The maximum Gasteiger partial charge on any atom is 0.274 e. The number of aliphatic hydroxyl groups excluding tert-OH is 1. The molecule has 0 saturated heterocycles. The highest BCUT2D eigenvalue weighted by atomic mass is 16.3. The molecule has 0 atom stereocenters. The van der Waals surface area contributed by atoms with Crippen molar-refractivity contribution in [2.75, 3.05) is 6.61 Å². The van der Waals surface area contributed by atoms with Gasteiger partial charge in [-0.2, -0.15) is 0 Å². The fraction of sp³-hybridized carbons (Fsp3) is 0.200. The quantitative estimate of drug-likeness (QED) is 0.651. The van der Waals surface area contributed by atoms with Crippen molar-refractivity contribution < 1.29 is 9.90 Å². The van der Waals surface area contributed by atoms with E-state index in [9.17, 15) is 4.79 Å². The zero-order valence-corrected chi connectivity index (χ0v) is 7.03. The van der Waals surface area contributed by atoms with Crippen molar-refractivity contribution in [1.82, 2.24) is 0 Å². The molecule has 1 aromatic rings. The first-order valence-electron chi connectivity index (χ1n) is 4.15. The number of para-hydroxylation sites is 1. The average molecular weight is 175 g/mol. The molecule has 1 amide bonds. The lowest BCUT2D eigenvalue weighted by Gasteiger charge is -1.93. The summed E-state index contributed by atoms with van der Waals surface area (Å²) in [6.45, 7) is -0.00900. The second-order valence-electron chi connectivity index (χ2n) is 2.89. The maximum absolute atomic E-state index is 11.3. The van der Waals surface area contributed by atoms with E-state index >= 15 is 0 Å². The molecular formula is C10H9NO2. The van der Waals surface area contributed by atoms with E-state index < -0.39 is 0 Å². The Labute approximate surface area is 75.0 Å². The molecule has 0 bridgehead atoms. The summed E-state index contributed by atoms with van der Waals surface area (Å²) < 4.78 is 0. The number of amides is 1. The third-order valence-electron chi connectivity index (χ3n) is 2.07. The van der Waals surface area contributed by atoms with Gasteiger partial charge < -0.3 is 5.11 Å². The average Bonchev–Trinajstić information content (AvgIpc) is 2.44.